The Balaban J connectivity index is 2.68. The zero-order chi connectivity index (χ0) is 13.7. The molecule has 1 amide bonds. The van der Waals surface area contributed by atoms with E-state index in [0.717, 1.165) is 5.69 Å². The molecule has 1 N–H and O–H groups in total. The summed E-state index contributed by atoms with van der Waals surface area (Å²) in [5.74, 6) is -0.686. The van der Waals surface area contributed by atoms with Crippen molar-refractivity contribution >= 4 is 17.6 Å². The molecule has 4 nitrogen and oxygen atoms in total. The highest BCUT2D eigenvalue weighted by atomic mass is 16.4. The summed E-state index contributed by atoms with van der Waals surface area (Å²) in [6, 6.07) is 7.74. The number of anilines is 1. The van der Waals surface area contributed by atoms with Gasteiger partial charge < -0.3 is 10.0 Å². The summed E-state index contributed by atoms with van der Waals surface area (Å²) in [5.41, 5.74) is 2.00. The van der Waals surface area contributed by atoms with E-state index in [1.807, 2.05) is 24.3 Å². The van der Waals surface area contributed by atoms with E-state index in [1.54, 1.807) is 7.05 Å². The zero-order valence-corrected chi connectivity index (χ0v) is 11.0. The molecular formula is C14H19NO3. The van der Waals surface area contributed by atoms with Crippen molar-refractivity contribution in [3.63, 3.8) is 0 Å². The summed E-state index contributed by atoms with van der Waals surface area (Å²) in [7, 11) is 1.66. The summed E-state index contributed by atoms with van der Waals surface area (Å²) in [6.45, 7) is 4.22. The van der Waals surface area contributed by atoms with Crippen LogP contribution in [0.5, 0.6) is 0 Å². The maximum Gasteiger partial charge on any atom is 0.303 e. The Hall–Kier alpha value is -1.84. The smallest absolute Gasteiger partial charge is 0.303 e. The van der Waals surface area contributed by atoms with E-state index in [9.17, 15) is 9.59 Å². The van der Waals surface area contributed by atoms with Crippen molar-refractivity contribution in [3.8, 4) is 0 Å². The van der Waals surface area contributed by atoms with Gasteiger partial charge in [0.1, 0.15) is 0 Å². The first-order valence-corrected chi connectivity index (χ1v) is 6.00. The van der Waals surface area contributed by atoms with Crippen LogP contribution in [0.3, 0.4) is 0 Å². The van der Waals surface area contributed by atoms with Gasteiger partial charge in [0.05, 0.1) is 6.42 Å². The van der Waals surface area contributed by atoms with Gasteiger partial charge in [-0.1, -0.05) is 26.0 Å². The molecule has 4 heteroatoms. The Morgan fingerprint density at radius 3 is 2.17 bits per heavy atom. The maximum absolute atomic E-state index is 11.7. The summed E-state index contributed by atoms with van der Waals surface area (Å²) in [5, 5.41) is 8.54. The van der Waals surface area contributed by atoms with E-state index >= 15 is 0 Å². The van der Waals surface area contributed by atoms with Crippen molar-refractivity contribution in [2.45, 2.75) is 32.6 Å². The van der Waals surface area contributed by atoms with Gasteiger partial charge in [-0.15, -0.1) is 0 Å². The molecule has 98 valence electrons. The number of carboxylic acids is 1. The zero-order valence-electron chi connectivity index (χ0n) is 11.0. The molecule has 1 aromatic carbocycles. The molecule has 0 atom stereocenters. The average Bonchev–Trinajstić information content (AvgIpc) is 2.35. The topological polar surface area (TPSA) is 57.6 Å². The molecule has 0 aliphatic rings. The SMILES string of the molecule is CC(C)c1ccc(N(C)C(=O)CCC(=O)O)cc1. The molecule has 0 fully saturated rings. The van der Waals surface area contributed by atoms with Crippen LogP contribution < -0.4 is 4.90 Å². The van der Waals surface area contributed by atoms with Crippen LogP contribution in [-0.4, -0.2) is 24.0 Å². The lowest BCUT2D eigenvalue weighted by molar-refractivity contribution is -0.138. The molecule has 0 saturated heterocycles. The monoisotopic (exact) mass is 249 g/mol. The first-order chi connectivity index (χ1) is 8.41. The number of benzene rings is 1. The van der Waals surface area contributed by atoms with Crippen LogP contribution in [-0.2, 0) is 9.59 Å². The predicted octanol–water partition coefficient (Wildman–Crippen LogP) is 2.64. The van der Waals surface area contributed by atoms with E-state index in [0.29, 0.717) is 5.92 Å². The lowest BCUT2D eigenvalue weighted by Crippen LogP contribution is -2.26. The molecule has 0 saturated carbocycles. The van der Waals surface area contributed by atoms with Crippen LogP contribution in [0.1, 0.15) is 38.2 Å². The van der Waals surface area contributed by atoms with Gasteiger partial charge in [-0.05, 0) is 23.6 Å². The molecule has 0 bridgehead atoms. The van der Waals surface area contributed by atoms with Crippen molar-refractivity contribution in [1.29, 1.82) is 0 Å². The summed E-state index contributed by atoms with van der Waals surface area (Å²) < 4.78 is 0. The van der Waals surface area contributed by atoms with Gasteiger partial charge in [-0.25, -0.2) is 0 Å². The second-order valence-electron chi connectivity index (χ2n) is 4.59. The summed E-state index contributed by atoms with van der Waals surface area (Å²) >= 11 is 0. The first kappa shape index (κ1) is 14.2. The van der Waals surface area contributed by atoms with E-state index in [4.69, 9.17) is 5.11 Å². The predicted molar refractivity (Wildman–Crippen MR) is 70.8 cm³/mol. The Morgan fingerprint density at radius 2 is 1.72 bits per heavy atom. The van der Waals surface area contributed by atoms with Crippen LogP contribution in [0.15, 0.2) is 24.3 Å². The van der Waals surface area contributed by atoms with E-state index in [2.05, 4.69) is 13.8 Å². The number of aliphatic carboxylic acids is 1. The van der Waals surface area contributed by atoms with Gasteiger partial charge in [0.2, 0.25) is 5.91 Å². The number of carbonyl (C=O) groups excluding carboxylic acids is 1. The number of carboxylic acid groups (broad SMARTS) is 1. The minimum Gasteiger partial charge on any atom is -0.481 e. The average molecular weight is 249 g/mol. The van der Waals surface area contributed by atoms with Crippen LogP contribution >= 0.6 is 0 Å². The van der Waals surface area contributed by atoms with Crippen molar-refractivity contribution in [1.82, 2.24) is 0 Å². The van der Waals surface area contributed by atoms with Crippen molar-refractivity contribution < 1.29 is 14.7 Å². The largest absolute Gasteiger partial charge is 0.481 e. The molecule has 0 unspecified atom stereocenters. The van der Waals surface area contributed by atoms with Gasteiger partial charge in [0, 0.05) is 19.2 Å². The third kappa shape index (κ3) is 3.87. The molecule has 0 radical (unpaired) electrons. The van der Waals surface area contributed by atoms with Crippen LogP contribution in [0.25, 0.3) is 0 Å². The Morgan fingerprint density at radius 1 is 1.17 bits per heavy atom. The standard InChI is InChI=1S/C14H19NO3/c1-10(2)11-4-6-12(7-5-11)15(3)13(16)8-9-14(17)18/h4-7,10H,8-9H2,1-3H3,(H,17,18). The van der Waals surface area contributed by atoms with E-state index in [-0.39, 0.29) is 18.7 Å². The second-order valence-corrected chi connectivity index (χ2v) is 4.59. The molecular weight excluding hydrogens is 230 g/mol. The molecule has 0 aromatic heterocycles. The molecule has 1 aromatic rings. The molecule has 18 heavy (non-hydrogen) atoms. The quantitative estimate of drug-likeness (QED) is 0.872. The number of rotatable bonds is 5. The molecule has 0 aliphatic heterocycles. The highest BCUT2D eigenvalue weighted by Gasteiger charge is 2.12. The number of hydrogen-bond acceptors (Lipinski definition) is 2. The van der Waals surface area contributed by atoms with Gasteiger partial charge in [0.25, 0.3) is 0 Å². The lowest BCUT2D eigenvalue weighted by atomic mass is 10.0. The number of amides is 1. The van der Waals surface area contributed by atoms with Gasteiger partial charge in [-0.3, -0.25) is 9.59 Å². The Labute approximate surface area is 107 Å². The maximum atomic E-state index is 11.7. The van der Waals surface area contributed by atoms with Crippen molar-refractivity contribution in [2.75, 3.05) is 11.9 Å². The van der Waals surface area contributed by atoms with Crippen molar-refractivity contribution in [3.05, 3.63) is 29.8 Å². The summed E-state index contributed by atoms with van der Waals surface area (Å²) in [4.78, 5) is 23.6. The first-order valence-electron chi connectivity index (χ1n) is 6.00. The molecule has 0 aliphatic carbocycles. The van der Waals surface area contributed by atoms with Crippen LogP contribution in [0, 0.1) is 0 Å². The summed E-state index contributed by atoms with van der Waals surface area (Å²) in [6.07, 6.45) is -0.106. The fraction of sp³-hybridized carbons (Fsp3) is 0.429. The molecule has 0 spiro atoms. The second kappa shape index (κ2) is 6.19. The number of carbonyl (C=O) groups is 2. The third-order valence-electron chi connectivity index (χ3n) is 2.87. The number of hydrogen-bond donors (Lipinski definition) is 1. The van der Waals surface area contributed by atoms with E-state index in [1.165, 1.54) is 10.5 Å². The molecule has 0 heterocycles. The number of nitrogens with zero attached hydrogens (tertiary/aromatic N) is 1. The van der Waals surface area contributed by atoms with Crippen LogP contribution in [0.4, 0.5) is 5.69 Å². The lowest BCUT2D eigenvalue weighted by Gasteiger charge is -2.17. The fourth-order valence-corrected chi connectivity index (χ4v) is 1.61. The minimum absolute atomic E-state index is 0.0256. The van der Waals surface area contributed by atoms with E-state index < -0.39 is 5.97 Å². The highest BCUT2D eigenvalue weighted by Crippen LogP contribution is 2.19. The van der Waals surface area contributed by atoms with Gasteiger partial charge in [0.15, 0.2) is 0 Å². The van der Waals surface area contributed by atoms with Crippen molar-refractivity contribution in [2.24, 2.45) is 0 Å². The highest BCUT2D eigenvalue weighted by molar-refractivity contribution is 5.94. The van der Waals surface area contributed by atoms with Gasteiger partial charge in [-0.2, -0.15) is 0 Å². The van der Waals surface area contributed by atoms with Crippen LogP contribution in [0.2, 0.25) is 0 Å². The normalized spacial score (nSPS) is 10.4. The third-order valence-corrected chi connectivity index (χ3v) is 2.87. The fourth-order valence-electron chi connectivity index (χ4n) is 1.61. The minimum atomic E-state index is -0.952. The molecule has 1 rings (SSSR count). The Bertz CT molecular complexity index is 423. The Kier molecular flexibility index (Phi) is 4.89. The van der Waals surface area contributed by atoms with Gasteiger partial charge >= 0.3 is 5.97 Å².